The topological polar surface area (TPSA) is 144 Å². The third kappa shape index (κ3) is 4.79. The Morgan fingerprint density at radius 3 is 2.67 bits per heavy atom. The average Bonchev–Trinajstić information content (AvgIpc) is 3.69. The number of aliphatic hydroxyl groups is 1. The van der Waals surface area contributed by atoms with E-state index in [4.69, 9.17) is 4.74 Å². The molecule has 6 atom stereocenters. The van der Waals surface area contributed by atoms with E-state index in [0.29, 0.717) is 32.4 Å². The van der Waals surface area contributed by atoms with Crippen LogP contribution in [0.3, 0.4) is 0 Å². The van der Waals surface area contributed by atoms with Gasteiger partial charge in [0.15, 0.2) is 0 Å². The van der Waals surface area contributed by atoms with Crippen LogP contribution in [-0.2, 0) is 42.4 Å². The zero-order valence-corrected chi connectivity index (χ0v) is 26.4. The van der Waals surface area contributed by atoms with E-state index in [1.165, 1.54) is 4.90 Å². The molecule has 0 radical (unpaired) electrons. The Kier molecular flexibility index (Phi) is 7.43. The van der Waals surface area contributed by atoms with E-state index in [9.17, 15) is 24.3 Å². The predicted octanol–water partition coefficient (Wildman–Crippen LogP) is 1.98. The molecule has 1 aliphatic carbocycles. The van der Waals surface area contributed by atoms with Crippen molar-refractivity contribution in [1.82, 2.24) is 25.4 Å². The fourth-order valence-corrected chi connectivity index (χ4v) is 8.15. The number of rotatable bonds is 5. The van der Waals surface area contributed by atoms with Gasteiger partial charge in [-0.1, -0.05) is 56.3 Å². The summed E-state index contributed by atoms with van der Waals surface area (Å²) in [6.07, 6.45) is 4.00. The van der Waals surface area contributed by atoms with Gasteiger partial charge in [-0.2, -0.15) is 0 Å². The molecule has 3 amide bonds. The number of likely N-dealkylation sites (N-methyl/N-ethyl adjacent to an activating group) is 1. The van der Waals surface area contributed by atoms with E-state index >= 15 is 0 Å². The minimum atomic E-state index is -2.07. The Labute approximate surface area is 267 Å². The largest absolute Gasteiger partial charge is 0.427 e. The molecule has 4 N–H and O–H groups in total. The molecule has 7 rings (SSSR count). The van der Waals surface area contributed by atoms with Crippen LogP contribution in [-0.4, -0.2) is 87.6 Å². The summed E-state index contributed by atoms with van der Waals surface area (Å²) in [5.41, 5.74) is 0.300. The molecule has 11 nitrogen and oxygen atoms in total. The van der Waals surface area contributed by atoms with Crippen LogP contribution in [0.15, 0.2) is 54.7 Å². The van der Waals surface area contributed by atoms with Crippen molar-refractivity contribution < 1.29 is 29.0 Å². The van der Waals surface area contributed by atoms with Crippen molar-refractivity contribution in [3.8, 4) is 0 Å². The van der Waals surface area contributed by atoms with Crippen molar-refractivity contribution in [3.63, 3.8) is 0 Å². The lowest BCUT2D eigenvalue weighted by atomic mass is 9.68. The summed E-state index contributed by atoms with van der Waals surface area (Å²) in [6.45, 7) is 4.13. The number of benzene rings is 2. The van der Waals surface area contributed by atoms with Crippen molar-refractivity contribution in [1.29, 1.82) is 0 Å². The van der Waals surface area contributed by atoms with Crippen LogP contribution in [0.1, 0.15) is 49.8 Å². The second-order valence-electron chi connectivity index (χ2n) is 13.7. The van der Waals surface area contributed by atoms with Crippen LogP contribution in [0, 0.1) is 11.8 Å². The Hall–Kier alpha value is -4.22. The molecular weight excluding hydrogens is 586 g/mol. The zero-order valence-electron chi connectivity index (χ0n) is 26.4. The lowest BCUT2D eigenvalue weighted by molar-refractivity contribution is -0.185. The van der Waals surface area contributed by atoms with Crippen molar-refractivity contribution in [3.05, 3.63) is 71.4 Å². The van der Waals surface area contributed by atoms with Crippen molar-refractivity contribution in [2.24, 2.45) is 11.8 Å². The van der Waals surface area contributed by atoms with Crippen LogP contribution in [0.2, 0.25) is 0 Å². The van der Waals surface area contributed by atoms with Gasteiger partial charge in [0, 0.05) is 48.6 Å². The van der Waals surface area contributed by atoms with E-state index < -0.39 is 53.0 Å². The number of amides is 3. The molecule has 3 fully saturated rings. The summed E-state index contributed by atoms with van der Waals surface area (Å²) >= 11 is 0. The highest BCUT2D eigenvalue weighted by Gasteiger charge is 2.56. The van der Waals surface area contributed by atoms with Gasteiger partial charge >= 0.3 is 5.97 Å². The molecule has 1 aromatic heterocycles. The molecule has 4 aliphatic rings. The van der Waals surface area contributed by atoms with E-state index in [2.05, 4.69) is 15.6 Å². The third-order valence-electron chi connectivity index (χ3n) is 10.6. The maximum absolute atomic E-state index is 14.3. The normalized spacial score (nSPS) is 31.4. The molecule has 242 valence electrons. The van der Waals surface area contributed by atoms with Crippen LogP contribution < -0.4 is 10.6 Å². The van der Waals surface area contributed by atoms with Gasteiger partial charge in [-0.25, -0.2) is 4.79 Å². The van der Waals surface area contributed by atoms with Crippen molar-refractivity contribution >= 4 is 34.6 Å². The fourth-order valence-electron chi connectivity index (χ4n) is 8.15. The molecule has 11 heteroatoms. The highest BCUT2D eigenvalue weighted by molar-refractivity contribution is 5.99. The summed E-state index contributed by atoms with van der Waals surface area (Å²) < 4.78 is 6.04. The van der Waals surface area contributed by atoms with Gasteiger partial charge in [0.05, 0.1) is 5.92 Å². The minimum absolute atomic E-state index is 0.132. The maximum atomic E-state index is 14.3. The van der Waals surface area contributed by atoms with E-state index in [1.807, 2.05) is 66.7 Å². The molecule has 0 saturated carbocycles. The van der Waals surface area contributed by atoms with Crippen LogP contribution in [0.25, 0.3) is 10.9 Å². The fraction of sp³-hybridized carbons (Fsp3) is 0.486. The highest BCUT2D eigenvalue weighted by Crippen LogP contribution is 2.47. The molecule has 4 heterocycles. The van der Waals surface area contributed by atoms with Gasteiger partial charge in [0.1, 0.15) is 17.7 Å². The molecule has 0 bridgehead atoms. The Balaban J connectivity index is 1.21. The Morgan fingerprint density at radius 2 is 1.91 bits per heavy atom. The van der Waals surface area contributed by atoms with Crippen LogP contribution in [0.5, 0.6) is 0 Å². The first kappa shape index (κ1) is 30.4. The second-order valence-corrected chi connectivity index (χ2v) is 13.7. The standard InChI is InChI=1S/C35H41N5O6/c1-20(2)35(33(44)37-26(15-21-9-5-4-6-10-21)31(42)40-14-8-13-27(40)32(43)46-35)38-30(41)23-17-34(45)24-11-7-12-25-29(24)22(18-36-25)16-28(34)39(3)19-23/h4-7,9-12,18,20,23,26-28,36,45H,8,13-17,19H2,1-3H3,(H,37,44)(H,38,41). The first-order valence-corrected chi connectivity index (χ1v) is 16.2. The molecule has 46 heavy (non-hydrogen) atoms. The number of hydrogen-bond donors (Lipinski definition) is 4. The number of cyclic esters (lactones) is 1. The highest BCUT2D eigenvalue weighted by atomic mass is 16.6. The third-order valence-corrected chi connectivity index (χ3v) is 10.6. The van der Waals surface area contributed by atoms with Gasteiger partial charge in [-0.3, -0.25) is 19.3 Å². The molecule has 2 aromatic carbocycles. The predicted molar refractivity (Wildman–Crippen MR) is 169 cm³/mol. The molecule has 3 saturated heterocycles. The number of piperidine rings is 1. The quantitative estimate of drug-likeness (QED) is 0.317. The SMILES string of the molecule is CC(C)C1(NC(=O)C2CN(C)C3Cc4c[nH]c5cccc(c45)C3(O)C2)OC(=O)C2CCCN2C(=O)C(Cc2ccccc2)NC1=O. The van der Waals surface area contributed by atoms with Gasteiger partial charge in [0.2, 0.25) is 11.8 Å². The number of fused-ring (bicyclic) bond motifs is 3. The van der Waals surface area contributed by atoms with E-state index in [0.717, 1.165) is 27.6 Å². The minimum Gasteiger partial charge on any atom is -0.427 e. The van der Waals surface area contributed by atoms with Crippen LogP contribution >= 0.6 is 0 Å². The Bertz CT molecular complexity index is 1710. The molecule has 3 aromatic rings. The van der Waals surface area contributed by atoms with Gasteiger partial charge < -0.3 is 30.4 Å². The number of ether oxygens (including phenoxy) is 1. The first-order chi connectivity index (χ1) is 22.0. The number of nitrogens with one attached hydrogen (secondary N) is 3. The van der Waals surface area contributed by atoms with E-state index in [-0.39, 0.29) is 24.8 Å². The van der Waals surface area contributed by atoms with E-state index in [1.54, 1.807) is 13.8 Å². The number of nitrogens with zero attached hydrogens (tertiary/aromatic N) is 2. The molecule has 0 spiro atoms. The first-order valence-electron chi connectivity index (χ1n) is 16.2. The Morgan fingerprint density at radius 1 is 1.13 bits per heavy atom. The second kappa shape index (κ2) is 11.2. The van der Waals surface area contributed by atoms with Gasteiger partial charge in [-0.05, 0) is 55.5 Å². The molecule has 6 unspecified atom stereocenters. The summed E-state index contributed by atoms with van der Waals surface area (Å²) in [6, 6.07) is 13.1. The van der Waals surface area contributed by atoms with Gasteiger partial charge in [-0.15, -0.1) is 0 Å². The molecular formula is C35H41N5O6. The number of H-pyrrole nitrogens is 1. The number of hydrogen-bond acceptors (Lipinski definition) is 7. The van der Waals surface area contributed by atoms with Gasteiger partial charge in [0.25, 0.3) is 11.6 Å². The zero-order chi connectivity index (χ0) is 32.4. The lowest BCUT2D eigenvalue weighted by Gasteiger charge is -2.51. The average molecular weight is 628 g/mol. The monoisotopic (exact) mass is 627 g/mol. The number of aromatic nitrogens is 1. The van der Waals surface area contributed by atoms with Crippen molar-refractivity contribution in [2.75, 3.05) is 20.1 Å². The van der Waals surface area contributed by atoms with Crippen molar-refractivity contribution in [2.45, 2.75) is 75.4 Å². The number of carbonyl (C=O) groups excluding carboxylic acids is 4. The smallest absolute Gasteiger partial charge is 0.331 e. The number of aromatic amines is 1. The van der Waals surface area contributed by atoms with Crippen LogP contribution in [0.4, 0.5) is 0 Å². The summed E-state index contributed by atoms with van der Waals surface area (Å²) in [5.74, 6) is -3.71. The molecule has 3 aliphatic heterocycles. The maximum Gasteiger partial charge on any atom is 0.331 e. The number of carbonyl (C=O) groups is 4. The summed E-state index contributed by atoms with van der Waals surface area (Å²) in [7, 11) is 1.90. The lowest BCUT2D eigenvalue weighted by Crippen LogP contribution is -2.68. The summed E-state index contributed by atoms with van der Waals surface area (Å²) in [5, 5.41) is 19.0. The number of likely N-dealkylation sites (tertiary alicyclic amines) is 1. The summed E-state index contributed by atoms with van der Waals surface area (Å²) in [4.78, 5) is 62.9. The number of esters is 1.